The number of methoxy groups -OCH3 is 2. The number of fused-ring (bicyclic) bond motifs is 1. The van der Waals surface area contributed by atoms with Gasteiger partial charge >= 0.3 is 0 Å². The molecule has 0 radical (unpaired) electrons. The minimum atomic E-state index is -1.72. The number of aromatic nitrogens is 4. The van der Waals surface area contributed by atoms with Crippen LogP contribution in [-0.2, 0) is 11.5 Å². The zero-order chi connectivity index (χ0) is 18.2. The Balaban J connectivity index is 2.28. The predicted octanol–water partition coefficient (Wildman–Crippen LogP) is 3.30. The van der Waals surface area contributed by atoms with Crippen molar-refractivity contribution in [2.24, 2.45) is 0 Å². The summed E-state index contributed by atoms with van der Waals surface area (Å²) in [5.41, 5.74) is 2.98. The van der Waals surface area contributed by atoms with Crippen LogP contribution in [0.4, 0.5) is 0 Å². The van der Waals surface area contributed by atoms with Crippen molar-refractivity contribution >= 4 is 36.3 Å². The van der Waals surface area contributed by atoms with Crippen LogP contribution >= 0.6 is 11.6 Å². The van der Waals surface area contributed by atoms with Crippen LogP contribution in [0.1, 0.15) is 0 Å². The van der Waals surface area contributed by atoms with E-state index in [1.54, 1.807) is 14.2 Å². The first kappa shape index (κ1) is 17.8. The number of rotatable bonds is 5. The molecule has 3 aromatic rings. The van der Waals surface area contributed by atoms with Gasteiger partial charge in [-0.2, -0.15) is 0 Å². The third-order valence-corrected chi connectivity index (χ3v) is 5.64. The standard InChI is InChI=1S/C17H21ClN4O2Si/c1-23-10-22-15(11-7-6-8-12(9-11)24-2)19-13-14(18)20-17(21-16(13)22)25(3,4)5/h6-9H,10H2,1-5H3. The van der Waals surface area contributed by atoms with Crippen molar-refractivity contribution in [3.05, 3.63) is 29.4 Å². The van der Waals surface area contributed by atoms with Gasteiger partial charge in [0.05, 0.1) is 7.11 Å². The van der Waals surface area contributed by atoms with Gasteiger partial charge in [0.2, 0.25) is 0 Å². The molecular weight excluding hydrogens is 356 g/mol. The Morgan fingerprint density at radius 1 is 1.12 bits per heavy atom. The molecule has 0 unspecified atom stereocenters. The summed E-state index contributed by atoms with van der Waals surface area (Å²) in [4.78, 5) is 13.9. The third-order valence-electron chi connectivity index (χ3n) is 3.81. The lowest BCUT2D eigenvalue weighted by atomic mass is 10.2. The van der Waals surface area contributed by atoms with Crippen molar-refractivity contribution in [3.63, 3.8) is 0 Å². The lowest BCUT2D eigenvalue weighted by Crippen LogP contribution is -2.42. The van der Waals surface area contributed by atoms with E-state index in [0.717, 1.165) is 22.6 Å². The molecule has 25 heavy (non-hydrogen) atoms. The summed E-state index contributed by atoms with van der Waals surface area (Å²) in [6, 6.07) is 7.71. The fourth-order valence-electron chi connectivity index (χ4n) is 2.54. The maximum absolute atomic E-state index is 6.43. The first-order chi connectivity index (χ1) is 11.8. The lowest BCUT2D eigenvalue weighted by molar-refractivity contribution is 0.135. The van der Waals surface area contributed by atoms with Crippen LogP contribution in [0.2, 0.25) is 24.8 Å². The summed E-state index contributed by atoms with van der Waals surface area (Å²) in [6.45, 7) is 6.88. The molecule has 0 aliphatic rings. The third kappa shape index (κ3) is 3.40. The molecule has 6 nitrogen and oxygen atoms in total. The molecule has 2 aromatic heterocycles. The molecule has 0 atom stereocenters. The van der Waals surface area contributed by atoms with Gasteiger partial charge in [-0.1, -0.05) is 43.4 Å². The second-order valence-electron chi connectivity index (χ2n) is 6.77. The number of ether oxygens (including phenoxy) is 2. The summed E-state index contributed by atoms with van der Waals surface area (Å²) in [6.07, 6.45) is 0. The molecule has 2 heterocycles. The van der Waals surface area contributed by atoms with E-state index in [0.29, 0.717) is 23.0 Å². The molecule has 0 amide bonds. The molecule has 0 bridgehead atoms. The predicted molar refractivity (Wildman–Crippen MR) is 102 cm³/mol. The number of hydrogen-bond acceptors (Lipinski definition) is 5. The Hall–Kier alpha value is -1.96. The molecule has 0 aliphatic heterocycles. The van der Waals surface area contributed by atoms with Crippen molar-refractivity contribution in [1.29, 1.82) is 0 Å². The van der Waals surface area contributed by atoms with Crippen LogP contribution in [0, 0.1) is 0 Å². The first-order valence-corrected chi connectivity index (χ1v) is 11.8. The number of benzene rings is 1. The van der Waals surface area contributed by atoms with Gasteiger partial charge in [0, 0.05) is 12.7 Å². The highest BCUT2D eigenvalue weighted by atomic mass is 35.5. The molecule has 0 saturated carbocycles. The van der Waals surface area contributed by atoms with E-state index in [4.69, 9.17) is 26.1 Å². The second-order valence-corrected chi connectivity index (χ2v) is 12.1. The summed E-state index contributed by atoms with van der Waals surface area (Å²) >= 11 is 6.43. The monoisotopic (exact) mass is 376 g/mol. The number of nitrogens with zero attached hydrogens (tertiary/aromatic N) is 4. The molecule has 132 valence electrons. The van der Waals surface area contributed by atoms with Crippen molar-refractivity contribution in [3.8, 4) is 17.1 Å². The molecule has 0 N–H and O–H groups in total. The van der Waals surface area contributed by atoms with Crippen LogP contribution in [-0.4, -0.2) is 41.8 Å². The molecule has 3 rings (SSSR count). The van der Waals surface area contributed by atoms with Gasteiger partial charge in [0.1, 0.15) is 37.3 Å². The molecule has 1 aromatic carbocycles. The molecule has 0 spiro atoms. The Labute approximate surface area is 152 Å². The molecule has 0 fully saturated rings. The minimum absolute atomic E-state index is 0.321. The van der Waals surface area contributed by atoms with Crippen molar-refractivity contribution < 1.29 is 9.47 Å². The van der Waals surface area contributed by atoms with Gasteiger partial charge < -0.3 is 9.47 Å². The van der Waals surface area contributed by atoms with E-state index in [2.05, 4.69) is 29.6 Å². The lowest BCUT2D eigenvalue weighted by Gasteiger charge is -2.14. The van der Waals surface area contributed by atoms with Crippen molar-refractivity contribution in [1.82, 2.24) is 19.5 Å². The highest BCUT2D eigenvalue weighted by molar-refractivity contribution is 6.87. The van der Waals surface area contributed by atoms with E-state index in [1.165, 1.54) is 0 Å². The zero-order valence-corrected chi connectivity index (χ0v) is 16.8. The Morgan fingerprint density at radius 2 is 1.88 bits per heavy atom. The fourth-order valence-corrected chi connectivity index (χ4v) is 3.70. The number of halogens is 1. The molecule has 8 heteroatoms. The molecular formula is C17H21ClN4O2Si. The van der Waals surface area contributed by atoms with Gasteiger partial charge in [-0.15, -0.1) is 0 Å². The molecule has 0 aliphatic carbocycles. The summed E-state index contributed by atoms with van der Waals surface area (Å²) in [5, 5.41) is 0.376. The summed E-state index contributed by atoms with van der Waals surface area (Å²) in [7, 11) is 1.56. The number of imidazole rings is 1. The first-order valence-electron chi connectivity index (χ1n) is 7.92. The highest BCUT2D eigenvalue weighted by Crippen LogP contribution is 2.28. The zero-order valence-electron chi connectivity index (χ0n) is 15.0. The van der Waals surface area contributed by atoms with Crippen LogP contribution in [0.25, 0.3) is 22.6 Å². The molecule has 0 saturated heterocycles. The topological polar surface area (TPSA) is 62.1 Å². The van der Waals surface area contributed by atoms with Crippen LogP contribution in [0.5, 0.6) is 5.75 Å². The second kappa shape index (κ2) is 6.74. The maximum Gasteiger partial charge on any atom is 0.167 e. The van der Waals surface area contributed by atoms with Gasteiger partial charge in [-0.05, 0) is 12.1 Å². The van der Waals surface area contributed by atoms with Gasteiger partial charge in [0.25, 0.3) is 0 Å². The van der Waals surface area contributed by atoms with E-state index < -0.39 is 8.07 Å². The van der Waals surface area contributed by atoms with E-state index in [-0.39, 0.29) is 0 Å². The SMILES string of the molecule is COCn1c(-c2cccc(OC)c2)nc2c(Cl)nc([Si](C)(C)C)nc21. The van der Waals surface area contributed by atoms with E-state index >= 15 is 0 Å². The van der Waals surface area contributed by atoms with Crippen molar-refractivity contribution in [2.45, 2.75) is 26.4 Å². The summed E-state index contributed by atoms with van der Waals surface area (Å²) in [5.74, 6) is 1.48. The summed E-state index contributed by atoms with van der Waals surface area (Å²) < 4.78 is 12.6. The van der Waals surface area contributed by atoms with Gasteiger partial charge in [-0.3, -0.25) is 4.57 Å². The van der Waals surface area contributed by atoms with E-state index in [9.17, 15) is 0 Å². The number of hydrogen-bond donors (Lipinski definition) is 0. The van der Waals surface area contributed by atoms with Crippen LogP contribution in [0.15, 0.2) is 24.3 Å². The maximum atomic E-state index is 6.43. The average Bonchev–Trinajstić information content (AvgIpc) is 2.94. The minimum Gasteiger partial charge on any atom is -0.497 e. The fraction of sp³-hybridized carbons (Fsp3) is 0.353. The quantitative estimate of drug-likeness (QED) is 0.505. The van der Waals surface area contributed by atoms with Gasteiger partial charge in [0.15, 0.2) is 10.8 Å². The van der Waals surface area contributed by atoms with Gasteiger partial charge in [-0.25, -0.2) is 15.0 Å². The van der Waals surface area contributed by atoms with Crippen molar-refractivity contribution in [2.75, 3.05) is 14.2 Å². The largest absolute Gasteiger partial charge is 0.497 e. The van der Waals surface area contributed by atoms with E-state index in [1.807, 2.05) is 28.8 Å². The smallest absolute Gasteiger partial charge is 0.167 e. The Bertz CT molecular complexity index is 921. The van der Waals surface area contributed by atoms with Crippen LogP contribution < -0.4 is 10.2 Å². The normalized spacial score (nSPS) is 11.9. The highest BCUT2D eigenvalue weighted by Gasteiger charge is 2.25. The van der Waals surface area contributed by atoms with Crippen LogP contribution in [0.3, 0.4) is 0 Å². The Kier molecular flexibility index (Phi) is 4.81. The Morgan fingerprint density at radius 3 is 2.52 bits per heavy atom. The average molecular weight is 377 g/mol.